The fraction of sp³-hybridized carbons (Fsp3) is 0.600. The quantitative estimate of drug-likeness (QED) is 0.820. The molecule has 1 saturated carbocycles. The number of carbonyl (C=O) groups excluding carboxylic acids is 2. The van der Waals surface area contributed by atoms with E-state index in [1.807, 2.05) is 24.3 Å². The number of para-hydroxylation sites is 1. The first-order valence-corrected chi connectivity index (χ1v) is 8.84. The number of hydrogen-bond acceptors (Lipinski definition) is 2. The molecular weight excluding hydrogens is 300 g/mol. The summed E-state index contributed by atoms with van der Waals surface area (Å²) in [6.45, 7) is 9.69. The summed E-state index contributed by atoms with van der Waals surface area (Å²) >= 11 is 0. The molecule has 0 unspecified atom stereocenters. The van der Waals surface area contributed by atoms with E-state index in [0.717, 1.165) is 36.9 Å². The van der Waals surface area contributed by atoms with Crippen LogP contribution in [0.15, 0.2) is 24.3 Å². The van der Waals surface area contributed by atoms with Crippen LogP contribution in [-0.2, 0) is 15.0 Å². The molecule has 0 aliphatic heterocycles. The van der Waals surface area contributed by atoms with E-state index in [1.54, 1.807) is 13.8 Å². The average molecular weight is 330 g/mol. The Morgan fingerprint density at radius 1 is 0.958 bits per heavy atom. The maximum absolute atomic E-state index is 12.8. The minimum absolute atomic E-state index is 0.0832. The smallest absolute Gasteiger partial charge is 0.239 e. The van der Waals surface area contributed by atoms with Crippen molar-refractivity contribution < 1.29 is 9.59 Å². The Hall–Kier alpha value is -1.84. The number of nitrogens with one attached hydrogen (secondary N) is 2. The lowest BCUT2D eigenvalue weighted by Crippen LogP contribution is -2.48. The van der Waals surface area contributed by atoms with Crippen molar-refractivity contribution in [3.8, 4) is 0 Å². The second kappa shape index (κ2) is 6.96. The number of benzene rings is 1. The van der Waals surface area contributed by atoms with E-state index in [-0.39, 0.29) is 23.3 Å². The molecule has 2 rings (SSSR count). The van der Waals surface area contributed by atoms with Gasteiger partial charge in [0, 0.05) is 11.7 Å². The fourth-order valence-corrected chi connectivity index (χ4v) is 3.06. The Kier molecular flexibility index (Phi) is 5.36. The third kappa shape index (κ3) is 4.16. The van der Waals surface area contributed by atoms with E-state index in [2.05, 4.69) is 31.4 Å². The first-order chi connectivity index (χ1) is 11.1. The largest absolute Gasteiger partial charge is 0.352 e. The Balaban J connectivity index is 2.12. The lowest BCUT2D eigenvalue weighted by Gasteiger charge is -2.27. The first kappa shape index (κ1) is 18.5. The van der Waals surface area contributed by atoms with Gasteiger partial charge < -0.3 is 10.6 Å². The summed E-state index contributed by atoms with van der Waals surface area (Å²) in [4.78, 5) is 25.3. The third-order valence-electron chi connectivity index (χ3n) is 4.81. The SMILES string of the molecule is CC(C)(C(=O)Nc1ccccc1C(C)(C)C)C(=O)NC1CCCC1. The van der Waals surface area contributed by atoms with Crippen molar-refractivity contribution in [3.05, 3.63) is 29.8 Å². The Bertz CT molecular complexity index is 608. The molecule has 0 heterocycles. The molecule has 1 fully saturated rings. The Morgan fingerprint density at radius 3 is 2.12 bits per heavy atom. The van der Waals surface area contributed by atoms with Crippen LogP contribution in [0.1, 0.15) is 65.9 Å². The van der Waals surface area contributed by atoms with Crippen LogP contribution in [-0.4, -0.2) is 17.9 Å². The van der Waals surface area contributed by atoms with Gasteiger partial charge >= 0.3 is 0 Å². The molecule has 1 aromatic rings. The van der Waals surface area contributed by atoms with Gasteiger partial charge in [0.05, 0.1) is 0 Å². The van der Waals surface area contributed by atoms with E-state index >= 15 is 0 Å². The molecule has 0 radical (unpaired) electrons. The fourth-order valence-electron chi connectivity index (χ4n) is 3.06. The topological polar surface area (TPSA) is 58.2 Å². The summed E-state index contributed by atoms with van der Waals surface area (Å²) < 4.78 is 0. The van der Waals surface area contributed by atoms with E-state index in [9.17, 15) is 9.59 Å². The molecule has 0 spiro atoms. The molecule has 4 nitrogen and oxygen atoms in total. The Labute approximate surface area is 145 Å². The van der Waals surface area contributed by atoms with Gasteiger partial charge in [-0.2, -0.15) is 0 Å². The van der Waals surface area contributed by atoms with Gasteiger partial charge in [0.2, 0.25) is 11.8 Å². The Morgan fingerprint density at radius 2 is 1.54 bits per heavy atom. The number of carbonyl (C=O) groups is 2. The summed E-state index contributed by atoms with van der Waals surface area (Å²) in [5.74, 6) is -0.463. The van der Waals surface area contributed by atoms with Gasteiger partial charge in [-0.1, -0.05) is 51.8 Å². The number of rotatable bonds is 4. The molecule has 2 amide bonds. The minimum atomic E-state index is -1.10. The monoisotopic (exact) mass is 330 g/mol. The van der Waals surface area contributed by atoms with Gasteiger partial charge in [-0.25, -0.2) is 0 Å². The molecular formula is C20H30N2O2. The first-order valence-electron chi connectivity index (χ1n) is 8.84. The van der Waals surface area contributed by atoms with Gasteiger partial charge in [0.1, 0.15) is 5.41 Å². The summed E-state index contributed by atoms with van der Waals surface area (Å²) in [6.07, 6.45) is 4.32. The summed E-state index contributed by atoms with van der Waals surface area (Å²) in [5, 5.41) is 5.99. The van der Waals surface area contributed by atoms with Gasteiger partial charge in [-0.15, -0.1) is 0 Å². The van der Waals surface area contributed by atoms with Crippen LogP contribution in [0.2, 0.25) is 0 Å². The van der Waals surface area contributed by atoms with Crippen molar-refractivity contribution in [2.24, 2.45) is 5.41 Å². The minimum Gasteiger partial charge on any atom is -0.352 e. The third-order valence-corrected chi connectivity index (χ3v) is 4.81. The lowest BCUT2D eigenvalue weighted by molar-refractivity contribution is -0.138. The number of hydrogen-bond donors (Lipinski definition) is 2. The van der Waals surface area contributed by atoms with E-state index in [0.29, 0.717) is 0 Å². The molecule has 1 aromatic carbocycles. The second-order valence-corrected chi connectivity index (χ2v) is 8.33. The maximum Gasteiger partial charge on any atom is 0.239 e. The van der Waals surface area contributed by atoms with Gasteiger partial charge in [-0.3, -0.25) is 9.59 Å². The molecule has 0 aromatic heterocycles. The highest BCUT2D eigenvalue weighted by atomic mass is 16.2. The van der Waals surface area contributed by atoms with Crippen LogP contribution in [0, 0.1) is 5.41 Å². The van der Waals surface area contributed by atoms with Crippen LogP contribution in [0.4, 0.5) is 5.69 Å². The average Bonchev–Trinajstić information content (AvgIpc) is 2.99. The van der Waals surface area contributed by atoms with Crippen molar-refractivity contribution in [2.75, 3.05) is 5.32 Å². The standard InChI is InChI=1S/C20H30N2O2/c1-19(2,3)15-12-8-9-13-16(15)22-18(24)20(4,5)17(23)21-14-10-6-7-11-14/h8-9,12-14H,6-7,10-11H2,1-5H3,(H,21,23)(H,22,24). The summed E-state index contributed by atoms with van der Waals surface area (Å²) in [5.41, 5.74) is 0.648. The zero-order chi connectivity index (χ0) is 18.0. The highest BCUT2D eigenvalue weighted by Gasteiger charge is 2.38. The van der Waals surface area contributed by atoms with Crippen molar-refractivity contribution in [3.63, 3.8) is 0 Å². The molecule has 132 valence electrons. The van der Waals surface area contributed by atoms with Crippen LogP contribution in [0.3, 0.4) is 0 Å². The highest BCUT2D eigenvalue weighted by molar-refractivity contribution is 6.10. The second-order valence-electron chi connectivity index (χ2n) is 8.33. The van der Waals surface area contributed by atoms with Gasteiger partial charge in [0.15, 0.2) is 0 Å². The van der Waals surface area contributed by atoms with E-state index < -0.39 is 5.41 Å². The molecule has 24 heavy (non-hydrogen) atoms. The number of amides is 2. The molecule has 1 aliphatic rings. The maximum atomic E-state index is 12.8. The molecule has 2 N–H and O–H groups in total. The van der Waals surface area contributed by atoms with Crippen LogP contribution < -0.4 is 10.6 Å². The van der Waals surface area contributed by atoms with Crippen LogP contribution in [0.5, 0.6) is 0 Å². The predicted molar refractivity (Wildman–Crippen MR) is 98.0 cm³/mol. The molecule has 0 bridgehead atoms. The van der Waals surface area contributed by atoms with Crippen molar-refractivity contribution >= 4 is 17.5 Å². The van der Waals surface area contributed by atoms with Crippen LogP contribution in [0.25, 0.3) is 0 Å². The van der Waals surface area contributed by atoms with Gasteiger partial charge in [-0.05, 0) is 43.7 Å². The van der Waals surface area contributed by atoms with Crippen molar-refractivity contribution in [1.82, 2.24) is 5.32 Å². The van der Waals surface area contributed by atoms with Gasteiger partial charge in [0.25, 0.3) is 0 Å². The van der Waals surface area contributed by atoms with E-state index in [1.165, 1.54) is 0 Å². The van der Waals surface area contributed by atoms with Crippen molar-refractivity contribution in [1.29, 1.82) is 0 Å². The highest BCUT2D eigenvalue weighted by Crippen LogP contribution is 2.30. The molecule has 0 saturated heterocycles. The zero-order valence-corrected chi connectivity index (χ0v) is 15.5. The van der Waals surface area contributed by atoms with Crippen molar-refractivity contribution in [2.45, 2.75) is 71.8 Å². The summed E-state index contributed by atoms with van der Waals surface area (Å²) in [7, 11) is 0. The van der Waals surface area contributed by atoms with E-state index in [4.69, 9.17) is 0 Å². The number of anilines is 1. The summed E-state index contributed by atoms with van der Waals surface area (Å²) in [6, 6.07) is 7.99. The van der Waals surface area contributed by atoms with Crippen LogP contribution >= 0.6 is 0 Å². The lowest BCUT2D eigenvalue weighted by atomic mass is 9.85. The molecule has 0 atom stereocenters. The molecule has 4 heteroatoms. The predicted octanol–water partition coefficient (Wildman–Crippen LogP) is 4.01. The zero-order valence-electron chi connectivity index (χ0n) is 15.5. The normalized spacial score (nSPS) is 16.0. The molecule has 1 aliphatic carbocycles.